The molecule has 1 aromatic carbocycles. The molecule has 0 saturated heterocycles. The van der Waals surface area contributed by atoms with Gasteiger partial charge in [0, 0.05) is 16.2 Å². The van der Waals surface area contributed by atoms with Crippen LogP contribution in [0, 0.1) is 0 Å². The second kappa shape index (κ2) is 8.34. The number of ether oxygens (including phenoxy) is 1. The molecule has 1 fully saturated rings. The summed E-state index contributed by atoms with van der Waals surface area (Å²) < 4.78 is 5.99. The molecule has 0 aromatic heterocycles. The molecule has 1 aromatic rings. The molecular weight excluding hydrogens is 360 g/mol. The van der Waals surface area contributed by atoms with Gasteiger partial charge >= 0.3 is 5.97 Å². The largest absolute Gasteiger partial charge is 0.449 e. The Morgan fingerprint density at radius 3 is 2.57 bits per heavy atom. The Kier molecular flexibility index (Phi) is 6.45. The zero-order valence-corrected chi connectivity index (χ0v) is 14.9. The first-order chi connectivity index (χ1) is 11.0. The number of halogens is 1. The Labute approximate surface area is 145 Å². The summed E-state index contributed by atoms with van der Waals surface area (Å²) in [6.45, 7) is 1.58. The summed E-state index contributed by atoms with van der Waals surface area (Å²) in [6, 6.07) is 5.14. The predicted molar refractivity (Wildman–Crippen MR) is 93.1 cm³/mol. The van der Waals surface area contributed by atoms with Gasteiger partial charge in [-0.25, -0.2) is 4.79 Å². The van der Waals surface area contributed by atoms with E-state index >= 15 is 0 Å². The second-order valence-corrected chi connectivity index (χ2v) is 6.89. The summed E-state index contributed by atoms with van der Waals surface area (Å²) in [5.74, 6) is -0.842. The van der Waals surface area contributed by atoms with Gasteiger partial charge in [-0.15, -0.1) is 0 Å². The van der Waals surface area contributed by atoms with Crippen molar-refractivity contribution in [1.29, 1.82) is 0 Å². The third-order valence-electron chi connectivity index (χ3n) is 4.09. The Balaban J connectivity index is 1.92. The number of anilines is 1. The minimum atomic E-state index is -0.843. The minimum absolute atomic E-state index is 0.182. The van der Waals surface area contributed by atoms with Crippen LogP contribution in [0.15, 0.2) is 22.7 Å². The molecule has 1 aliphatic carbocycles. The van der Waals surface area contributed by atoms with E-state index in [-0.39, 0.29) is 17.5 Å². The van der Waals surface area contributed by atoms with Gasteiger partial charge in [0.1, 0.15) is 0 Å². The lowest BCUT2D eigenvalue weighted by molar-refractivity contribution is -0.129. The molecule has 126 valence electrons. The van der Waals surface area contributed by atoms with E-state index in [9.17, 15) is 9.59 Å². The number of rotatable bonds is 4. The average molecular weight is 383 g/mol. The van der Waals surface area contributed by atoms with Crippen molar-refractivity contribution < 1.29 is 14.3 Å². The normalized spacial score (nSPS) is 17.1. The van der Waals surface area contributed by atoms with Crippen molar-refractivity contribution in [3.05, 3.63) is 28.2 Å². The van der Waals surface area contributed by atoms with Crippen molar-refractivity contribution in [2.45, 2.75) is 57.6 Å². The van der Waals surface area contributed by atoms with E-state index in [1.807, 2.05) is 0 Å². The summed E-state index contributed by atoms with van der Waals surface area (Å²) >= 11 is 3.29. The van der Waals surface area contributed by atoms with Crippen molar-refractivity contribution >= 4 is 33.5 Å². The van der Waals surface area contributed by atoms with E-state index < -0.39 is 12.1 Å². The predicted octanol–water partition coefficient (Wildman–Crippen LogP) is 3.42. The molecule has 1 saturated carbocycles. The monoisotopic (exact) mass is 382 g/mol. The fraction of sp³-hybridized carbons (Fsp3) is 0.529. The number of nitrogen functional groups attached to an aromatic ring is 1. The Morgan fingerprint density at radius 2 is 1.91 bits per heavy atom. The fourth-order valence-corrected chi connectivity index (χ4v) is 3.09. The molecule has 2 rings (SSSR count). The second-order valence-electron chi connectivity index (χ2n) is 5.98. The van der Waals surface area contributed by atoms with E-state index in [1.165, 1.54) is 12.8 Å². The standard InChI is InChI=1S/C17H23BrN2O3/c1-11(16(21)20-13-6-4-2-3-5-7-13)23-17(22)14-10-12(18)8-9-15(14)19/h8-11,13H,2-7,19H2,1H3,(H,20,21)/t11-/m1/s1. The maximum atomic E-state index is 12.2. The Bertz CT molecular complexity index is 569. The molecule has 0 spiro atoms. The molecule has 1 atom stereocenters. The number of esters is 1. The molecule has 0 bridgehead atoms. The van der Waals surface area contributed by atoms with Gasteiger partial charge in [0.2, 0.25) is 0 Å². The van der Waals surface area contributed by atoms with Crippen LogP contribution in [0.25, 0.3) is 0 Å². The first kappa shape index (κ1) is 17.8. The number of hydrogen-bond acceptors (Lipinski definition) is 4. The molecule has 0 heterocycles. The highest BCUT2D eigenvalue weighted by Gasteiger charge is 2.23. The summed E-state index contributed by atoms with van der Waals surface area (Å²) in [5, 5.41) is 2.98. The van der Waals surface area contributed by atoms with Crippen LogP contribution in [0.1, 0.15) is 55.8 Å². The number of carbonyl (C=O) groups is 2. The first-order valence-corrected chi connectivity index (χ1v) is 8.83. The number of benzene rings is 1. The fourth-order valence-electron chi connectivity index (χ4n) is 2.73. The van der Waals surface area contributed by atoms with Crippen molar-refractivity contribution in [3.63, 3.8) is 0 Å². The van der Waals surface area contributed by atoms with Crippen LogP contribution in [-0.4, -0.2) is 24.0 Å². The summed E-state index contributed by atoms with van der Waals surface area (Å²) in [4.78, 5) is 24.4. The summed E-state index contributed by atoms with van der Waals surface area (Å²) in [6.07, 6.45) is 5.85. The van der Waals surface area contributed by atoms with Gasteiger partial charge in [-0.2, -0.15) is 0 Å². The van der Waals surface area contributed by atoms with E-state index in [1.54, 1.807) is 25.1 Å². The molecule has 1 aliphatic rings. The van der Waals surface area contributed by atoms with Crippen LogP contribution in [0.4, 0.5) is 5.69 Å². The van der Waals surface area contributed by atoms with E-state index in [2.05, 4.69) is 21.2 Å². The van der Waals surface area contributed by atoms with E-state index in [4.69, 9.17) is 10.5 Å². The van der Waals surface area contributed by atoms with E-state index in [0.717, 1.165) is 30.2 Å². The van der Waals surface area contributed by atoms with Gasteiger partial charge < -0.3 is 15.8 Å². The lowest BCUT2D eigenvalue weighted by Gasteiger charge is -2.20. The van der Waals surface area contributed by atoms with Crippen LogP contribution in [0.5, 0.6) is 0 Å². The number of nitrogens with two attached hydrogens (primary N) is 1. The molecular formula is C17H23BrN2O3. The van der Waals surface area contributed by atoms with Gasteiger partial charge in [0.15, 0.2) is 6.10 Å². The van der Waals surface area contributed by atoms with E-state index in [0.29, 0.717) is 5.69 Å². The topological polar surface area (TPSA) is 81.4 Å². The third-order valence-corrected chi connectivity index (χ3v) is 4.58. The number of nitrogens with one attached hydrogen (secondary N) is 1. The SMILES string of the molecule is C[C@@H](OC(=O)c1cc(Br)ccc1N)C(=O)NC1CCCCCC1. The van der Waals surface area contributed by atoms with Crippen molar-refractivity contribution in [2.75, 3.05) is 5.73 Å². The lowest BCUT2D eigenvalue weighted by Crippen LogP contribution is -2.41. The molecule has 0 unspecified atom stereocenters. The van der Waals surface area contributed by atoms with Crippen LogP contribution in [-0.2, 0) is 9.53 Å². The quantitative estimate of drug-likeness (QED) is 0.474. The van der Waals surface area contributed by atoms with Crippen molar-refractivity contribution in [2.24, 2.45) is 0 Å². The van der Waals surface area contributed by atoms with Gasteiger partial charge in [0.05, 0.1) is 5.56 Å². The van der Waals surface area contributed by atoms with Crippen LogP contribution < -0.4 is 11.1 Å². The zero-order valence-electron chi connectivity index (χ0n) is 13.3. The van der Waals surface area contributed by atoms with Gasteiger partial charge in [-0.3, -0.25) is 4.79 Å². The Hall–Kier alpha value is -1.56. The minimum Gasteiger partial charge on any atom is -0.449 e. The third kappa shape index (κ3) is 5.23. The number of carbonyl (C=O) groups excluding carboxylic acids is 2. The van der Waals surface area contributed by atoms with Crippen LogP contribution >= 0.6 is 15.9 Å². The maximum absolute atomic E-state index is 12.2. The highest BCUT2D eigenvalue weighted by Crippen LogP contribution is 2.20. The van der Waals surface area contributed by atoms with Gasteiger partial charge in [0.25, 0.3) is 5.91 Å². The average Bonchev–Trinajstić information content (AvgIpc) is 2.78. The number of hydrogen-bond donors (Lipinski definition) is 2. The molecule has 1 amide bonds. The molecule has 3 N–H and O–H groups in total. The molecule has 6 heteroatoms. The maximum Gasteiger partial charge on any atom is 0.341 e. The first-order valence-electron chi connectivity index (χ1n) is 8.03. The van der Waals surface area contributed by atoms with Crippen molar-refractivity contribution in [1.82, 2.24) is 5.32 Å². The summed E-state index contributed by atoms with van der Waals surface area (Å²) in [5.41, 5.74) is 6.37. The smallest absolute Gasteiger partial charge is 0.341 e. The van der Waals surface area contributed by atoms with Crippen molar-refractivity contribution in [3.8, 4) is 0 Å². The molecule has 0 aliphatic heterocycles. The highest BCUT2D eigenvalue weighted by atomic mass is 79.9. The van der Waals surface area contributed by atoms with Crippen LogP contribution in [0.3, 0.4) is 0 Å². The molecule has 0 radical (unpaired) electrons. The Morgan fingerprint density at radius 1 is 1.26 bits per heavy atom. The molecule has 23 heavy (non-hydrogen) atoms. The summed E-state index contributed by atoms with van der Waals surface area (Å²) in [7, 11) is 0. The van der Waals surface area contributed by atoms with Gasteiger partial charge in [-0.05, 0) is 38.0 Å². The zero-order chi connectivity index (χ0) is 16.8. The lowest BCUT2D eigenvalue weighted by atomic mass is 10.1. The van der Waals surface area contributed by atoms with Gasteiger partial charge in [-0.1, -0.05) is 41.6 Å². The number of amides is 1. The van der Waals surface area contributed by atoms with Crippen LogP contribution in [0.2, 0.25) is 0 Å². The molecule has 5 nitrogen and oxygen atoms in total. The highest BCUT2D eigenvalue weighted by molar-refractivity contribution is 9.10.